The van der Waals surface area contributed by atoms with Crippen molar-refractivity contribution in [1.82, 2.24) is 0 Å². The largest absolute Gasteiger partial charge is 0.478 e. The van der Waals surface area contributed by atoms with Gasteiger partial charge >= 0.3 is 5.97 Å². The molecule has 2 nitrogen and oxygen atoms in total. The van der Waals surface area contributed by atoms with Crippen molar-refractivity contribution in [2.75, 3.05) is 0 Å². The Morgan fingerprint density at radius 3 is 1.88 bits per heavy atom. The first-order valence-corrected chi connectivity index (χ1v) is 5.16. The fourth-order valence-corrected chi connectivity index (χ4v) is 1.36. The molecule has 0 fully saturated rings. The maximum absolute atomic E-state index is 10.7. The first-order valence-electron chi connectivity index (χ1n) is 5.16. The van der Waals surface area contributed by atoms with E-state index < -0.39 is 5.97 Å². The van der Waals surface area contributed by atoms with Gasteiger partial charge in [-0.3, -0.25) is 0 Å². The van der Waals surface area contributed by atoms with E-state index >= 15 is 0 Å². The molecule has 0 amide bonds. The Bertz CT molecular complexity index is 572. The van der Waals surface area contributed by atoms with Gasteiger partial charge in [0.25, 0.3) is 0 Å². The topological polar surface area (TPSA) is 37.3 Å². The first kappa shape index (κ1) is 11.0. The molecule has 0 aliphatic carbocycles. The Balaban J connectivity index is 2.20. The number of carboxylic acids is 1. The standard InChI is InChI=1S/C15H10O2/c16-15(17)14-10-8-13(9-11-14)7-6-12-4-2-1-3-5-12/h1-5,8-11H,(H,16,17)/i15+2. The molecule has 0 bridgehead atoms. The molecule has 0 aromatic heterocycles. The Morgan fingerprint density at radius 2 is 1.35 bits per heavy atom. The molecular formula is C15H10O2. The van der Waals surface area contributed by atoms with E-state index in [2.05, 4.69) is 11.8 Å². The van der Waals surface area contributed by atoms with Gasteiger partial charge in [0, 0.05) is 11.1 Å². The summed E-state index contributed by atoms with van der Waals surface area (Å²) in [4.78, 5) is 10.7. The summed E-state index contributed by atoms with van der Waals surface area (Å²) in [6.07, 6.45) is 0. The van der Waals surface area contributed by atoms with E-state index in [1.165, 1.54) is 0 Å². The van der Waals surface area contributed by atoms with E-state index in [1.54, 1.807) is 24.3 Å². The number of rotatable bonds is 1. The van der Waals surface area contributed by atoms with Crippen LogP contribution in [0.1, 0.15) is 21.5 Å². The summed E-state index contributed by atoms with van der Waals surface area (Å²) in [5, 5.41) is 8.75. The van der Waals surface area contributed by atoms with Gasteiger partial charge in [0.2, 0.25) is 0 Å². The number of carboxylic acid groups (broad SMARTS) is 1. The molecule has 2 aromatic rings. The highest BCUT2D eigenvalue weighted by atomic mass is 16.6. The van der Waals surface area contributed by atoms with Crippen LogP contribution in [-0.2, 0) is 0 Å². The van der Waals surface area contributed by atoms with Crippen molar-refractivity contribution in [3.8, 4) is 11.8 Å². The van der Waals surface area contributed by atoms with E-state index in [0.717, 1.165) is 11.1 Å². The Hall–Kier alpha value is -2.53. The van der Waals surface area contributed by atoms with Gasteiger partial charge in [-0.15, -0.1) is 0 Å². The third-order valence-corrected chi connectivity index (χ3v) is 2.26. The van der Waals surface area contributed by atoms with E-state index in [9.17, 15) is 4.79 Å². The van der Waals surface area contributed by atoms with Crippen LogP contribution in [0.5, 0.6) is 0 Å². The molecule has 2 heteroatoms. The molecule has 0 aliphatic rings. The highest BCUT2D eigenvalue weighted by Gasteiger charge is 1.99. The number of aromatic carboxylic acids is 1. The molecule has 0 saturated carbocycles. The summed E-state index contributed by atoms with van der Waals surface area (Å²) in [5.41, 5.74) is 2.02. The van der Waals surface area contributed by atoms with E-state index in [0.29, 0.717) is 0 Å². The second-order valence-electron chi connectivity index (χ2n) is 3.50. The molecule has 0 atom stereocenters. The molecule has 17 heavy (non-hydrogen) atoms. The van der Waals surface area contributed by atoms with Gasteiger partial charge in [-0.2, -0.15) is 0 Å². The average molecular weight is 224 g/mol. The van der Waals surface area contributed by atoms with Gasteiger partial charge < -0.3 is 5.11 Å². The Kier molecular flexibility index (Phi) is 3.23. The fraction of sp³-hybridized carbons (Fsp3) is 0. The molecule has 0 aliphatic heterocycles. The van der Waals surface area contributed by atoms with Crippen LogP contribution < -0.4 is 0 Å². The Labute approximate surface area is 99.5 Å². The maximum Gasteiger partial charge on any atom is 0.335 e. The minimum atomic E-state index is -0.924. The van der Waals surface area contributed by atoms with Crippen molar-refractivity contribution in [2.45, 2.75) is 0 Å². The summed E-state index contributed by atoms with van der Waals surface area (Å²) in [6, 6.07) is 16.2. The molecule has 1 N–H and O–H groups in total. The zero-order valence-corrected chi connectivity index (χ0v) is 9.05. The van der Waals surface area contributed by atoms with Crippen LogP contribution in [0.15, 0.2) is 54.6 Å². The van der Waals surface area contributed by atoms with Crippen LogP contribution >= 0.6 is 0 Å². The van der Waals surface area contributed by atoms with Gasteiger partial charge in [0.1, 0.15) is 0 Å². The molecular weight excluding hydrogens is 214 g/mol. The lowest BCUT2D eigenvalue weighted by Gasteiger charge is -1.93. The maximum atomic E-state index is 10.7. The summed E-state index contributed by atoms with van der Waals surface area (Å²) in [7, 11) is 0. The lowest BCUT2D eigenvalue weighted by molar-refractivity contribution is 0.0697. The zero-order chi connectivity index (χ0) is 12.1. The van der Waals surface area contributed by atoms with Crippen molar-refractivity contribution in [3.63, 3.8) is 0 Å². The smallest absolute Gasteiger partial charge is 0.335 e. The van der Waals surface area contributed by atoms with Crippen molar-refractivity contribution < 1.29 is 9.90 Å². The molecule has 82 valence electrons. The van der Waals surface area contributed by atoms with Crippen LogP contribution in [0.3, 0.4) is 0 Å². The van der Waals surface area contributed by atoms with E-state index in [1.807, 2.05) is 30.3 Å². The van der Waals surface area contributed by atoms with Gasteiger partial charge in [0.05, 0.1) is 5.56 Å². The normalized spacial score (nSPS) is 9.18. The van der Waals surface area contributed by atoms with Crippen molar-refractivity contribution in [3.05, 3.63) is 71.3 Å². The molecule has 0 unspecified atom stereocenters. The predicted octanol–water partition coefficient (Wildman–Crippen LogP) is 2.78. The van der Waals surface area contributed by atoms with Gasteiger partial charge in [-0.05, 0) is 36.4 Å². The lowest BCUT2D eigenvalue weighted by Crippen LogP contribution is -1.94. The lowest BCUT2D eigenvalue weighted by atomic mass is 10.2. The zero-order valence-electron chi connectivity index (χ0n) is 9.05. The SMILES string of the molecule is O=[14C](O)c1ccc(C#Cc2ccccc2)cc1. The van der Waals surface area contributed by atoms with E-state index in [-0.39, 0.29) is 5.56 Å². The van der Waals surface area contributed by atoms with Gasteiger partial charge in [-0.1, -0.05) is 30.0 Å². The monoisotopic (exact) mass is 224 g/mol. The second kappa shape index (κ2) is 5.00. The second-order valence-corrected chi connectivity index (χ2v) is 3.50. The van der Waals surface area contributed by atoms with Gasteiger partial charge in [-0.25, -0.2) is 4.79 Å². The predicted molar refractivity (Wildman–Crippen MR) is 65.8 cm³/mol. The summed E-state index contributed by atoms with van der Waals surface area (Å²) < 4.78 is 0. The molecule has 0 saturated heterocycles. The summed E-state index contributed by atoms with van der Waals surface area (Å²) >= 11 is 0. The minimum Gasteiger partial charge on any atom is -0.478 e. The van der Waals surface area contributed by atoms with Crippen LogP contribution in [0, 0.1) is 11.8 Å². The third-order valence-electron chi connectivity index (χ3n) is 2.26. The molecule has 0 radical (unpaired) electrons. The molecule has 2 aromatic carbocycles. The quantitative estimate of drug-likeness (QED) is 0.756. The molecule has 2 rings (SSSR count). The van der Waals surface area contributed by atoms with Crippen LogP contribution in [0.2, 0.25) is 0 Å². The van der Waals surface area contributed by atoms with Gasteiger partial charge in [0.15, 0.2) is 0 Å². The van der Waals surface area contributed by atoms with Crippen LogP contribution in [0.4, 0.5) is 0 Å². The number of hydrogen-bond donors (Lipinski definition) is 1. The number of benzene rings is 2. The Morgan fingerprint density at radius 1 is 0.824 bits per heavy atom. The van der Waals surface area contributed by atoms with Crippen LogP contribution in [-0.4, -0.2) is 11.1 Å². The first-order chi connectivity index (χ1) is 8.25. The third kappa shape index (κ3) is 2.96. The average Bonchev–Trinajstić information content (AvgIpc) is 2.38. The van der Waals surface area contributed by atoms with Crippen molar-refractivity contribution in [1.29, 1.82) is 0 Å². The minimum absolute atomic E-state index is 0.273. The molecule has 0 heterocycles. The number of carbonyl (C=O) groups is 1. The van der Waals surface area contributed by atoms with E-state index in [4.69, 9.17) is 5.11 Å². The number of hydrogen-bond acceptors (Lipinski definition) is 1. The highest BCUT2D eigenvalue weighted by molar-refractivity contribution is 5.87. The van der Waals surface area contributed by atoms with Crippen molar-refractivity contribution >= 4 is 5.97 Å². The van der Waals surface area contributed by atoms with Crippen LogP contribution in [0.25, 0.3) is 0 Å². The fourth-order valence-electron chi connectivity index (χ4n) is 1.36. The highest BCUT2D eigenvalue weighted by Crippen LogP contribution is 2.03. The summed E-state index contributed by atoms with van der Waals surface area (Å²) in [5.74, 6) is 5.07. The molecule has 0 spiro atoms. The van der Waals surface area contributed by atoms with Crippen molar-refractivity contribution in [2.24, 2.45) is 0 Å². The summed E-state index contributed by atoms with van der Waals surface area (Å²) in [6.45, 7) is 0.